The summed E-state index contributed by atoms with van der Waals surface area (Å²) in [7, 11) is 0. The molecule has 0 amide bonds. The van der Waals surface area contributed by atoms with Crippen LogP contribution in [-0.2, 0) is 5.75 Å². The van der Waals surface area contributed by atoms with Crippen molar-refractivity contribution < 1.29 is 0 Å². The second kappa shape index (κ2) is 6.21. The molecular weight excluding hydrogens is 342 g/mol. The van der Waals surface area contributed by atoms with E-state index in [-0.39, 0.29) is 5.56 Å². The van der Waals surface area contributed by atoms with Gasteiger partial charge in [-0.3, -0.25) is 9.89 Å². The Hall–Kier alpha value is -2.45. The highest BCUT2D eigenvalue weighted by Gasteiger charge is 2.09. The van der Waals surface area contributed by atoms with Crippen molar-refractivity contribution in [2.24, 2.45) is 0 Å². The van der Waals surface area contributed by atoms with Gasteiger partial charge in [0.2, 0.25) is 5.16 Å². The van der Waals surface area contributed by atoms with Gasteiger partial charge < -0.3 is 4.98 Å². The molecule has 0 bridgehead atoms. The topological polar surface area (TPSA) is 87.3 Å². The average Bonchev–Trinajstić information content (AvgIpc) is 3.23. The lowest BCUT2D eigenvalue weighted by Gasteiger charge is -1.98. The van der Waals surface area contributed by atoms with E-state index < -0.39 is 0 Å². The standard InChI is InChI=1S/C16H13N5OS2/c1-9-2-4-10(5-3-9)14-19-16(21-20-14)24-8-12-17-11-6-7-23-13(11)15(22)18-12/h2-7H,8H2,1H3,(H,17,18,22)(H,19,20,21). The summed E-state index contributed by atoms with van der Waals surface area (Å²) in [6, 6.07) is 9.94. The Morgan fingerprint density at radius 3 is 2.83 bits per heavy atom. The maximum atomic E-state index is 12.0. The van der Waals surface area contributed by atoms with Gasteiger partial charge in [-0.05, 0) is 18.4 Å². The van der Waals surface area contributed by atoms with Crippen LogP contribution < -0.4 is 5.56 Å². The lowest BCUT2D eigenvalue weighted by atomic mass is 10.1. The maximum Gasteiger partial charge on any atom is 0.268 e. The molecule has 4 rings (SSSR count). The minimum absolute atomic E-state index is 0.0964. The van der Waals surface area contributed by atoms with Gasteiger partial charge in [0, 0.05) is 5.56 Å². The maximum absolute atomic E-state index is 12.0. The zero-order valence-corrected chi connectivity index (χ0v) is 14.4. The number of fused-ring (bicyclic) bond motifs is 1. The number of nitrogens with one attached hydrogen (secondary N) is 2. The van der Waals surface area contributed by atoms with Gasteiger partial charge >= 0.3 is 0 Å². The van der Waals surface area contributed by atoms with Gasteiger partial charge in [0.05, 0.1) is 11.3 Å². The number of rotatable bonds is 4. The smallest absolute Gasteiger partial charge is 0.268 e. The quantitative estimate of drug-likeness (QED) is 0.548. The number of benzene rings is 1. The summed E-state index contributed by atoms with van der Waals surface area (Å²) in [5.41, 5.74) is 2.83. The summed E-state index contributed by atoms with van der Waals surface area (Å²) >= 11 is 2.83. The van der Waals surface area contributed by atoms with Crippen molar-refractivity contribution in [3.05, 3.63) is 57.5 Å². The highest BCUT2D eigenvalue weighted by atomic mass is 32.2. The lowest BCUT2D eigenvalue weighted by molar-refractivity contribution is 0.966. The normalized spacial score (nSPS) is 11.2. The summed E-state index contributed by atoms with van der Waals surface area (Å²) < 4.78 is 0.656. The van der Waals surface area contributed by atoms with E-state index in [2.05, 4.69) is 25.1 Å². The first-order valence-electron chi connectivity index (χ1n) is 7.28. The summed E-state index contributed by atoms with van der Waals surface area (Å²) in [6.45, 7) is 2.05. The molecule has 0 atom stereocenters. The Kier molecular flexibility index (Phi) is 3.91. The van der Waals surface area contributed by atoms with Gasteiger partial charge in [-0.25, -0.2) is 9.97 Å². The molecule has 0 saturated carbocycles. The largest absolute Gasteiger partial charge is 0.309 e. The molecule has 3 aromatic heterocycles. The van der Waals surface area contributed by atoms with E-state index >= 15 is 0 Å². The minimum Gasteiger partial charge on any atom is -0.309 e. The number of aromatic amines is 2. The summed E-state index contributed by atoms with van der Waals surface area (Å²) in [5, 5.41) is 9.65. The van der Waals surface area contributed by atoms with Crippen LogP contribution in [0.2, 0.25) is 0 Å². The molecule has 0 radical (unpaired) electrons. The van der Waals surface area contributed by atoms with Gasteiger partial charge in [-0.15, -0.1) is 16.4 Å². The monoisotopic (exact) mass is 355 g/mol. The first-order valence-corrected chi connectivity index (χ1v) is 9.14. The Bertz CT molecular complexity index is 1050. The number of nitrogens with zero attached hydrogens (tertiary/aromatic N) is 3. The molecule has 2 N–H and O–H groups in total. The Balaban J connectivity index is 1.51. The molecule has 0 aliphatic heterocycles. The highest BCUT2D eigenvalue weighted by Crippen LogP contribution is 2.22. The third-order valence-corrected chi connectivity index (χ3v) is 5.25. The van der Waals surface area contributed by atoms with Crippen LogP contribution in [0.25, 0.3) is 21.6 Å². The Morgan fingerprint density at radius 2 is 2.00 bits per heavy atom. The summed E-state index contributed by atoms with van der Waals surface area (Å²) in [4.78, 5) is 23.7. The lowest BCUT2D eigenvalue weighted by Crippen LogP contribution is -2.09. The van der Waals surface area contributed by atoms with Crippen molar-refractivity contribution >= 4 is 33.3 Å². The number of hydrogen-bond donors (Lipinski definition) is 2. The number of hydrogen-bond acceptors (Lipinski definition) is 6. The Morgan fingerprint density at radius 1 is 1.17 bits per heavy atom. The molecule has 3 heterocycles. The third kappa shape index (κ3) is 2.98. The van der Waals surface area contributed by atoms with E-state index in [1.807, 2.05) is 42.6 Å². The molecule has 0 saturated heterocycles. The molecular formula is C16H13N5OS2. The first-order chi connectivity index (χ1) is 11.7. The molecule has 1 aromatic carbocycles. The summed E-state index contributed by atoms with van der Waals surface area (Å²) in [6.07, 6.45) is 0. The SMILES string of the molecule is Cc1ccc(-c2nc(SCc3nc4ccsc4c(=O)[nH]3)n[nH]2)cc1. The number of aromatic nitrogens is 5. The van der Waals surface area contributed by atoms with Crippen LogP contribution in [0.4, 0.5) is 0 Å². The van der Waals surface area contributed by atoms with E-state index in [9.17, 15) is 4.79 Å². The minimum atomic E-state index is -0.0964. The van der Waals surface area contributed by atoms with Crippen molar-refractivity contribution in [3.63, 3.8) is 0 Å². The van der Waals surface area contributed by atoms with Crippen LogP contribution in [0.3, 0.4) is 0 Å². The predicted octanol–water partition coefficient (Wildman–Crippen LogP) is 3.37. The fraction of sp³-hybridized carbons (Fsp3) is 0.125. The zero-order chi connectivity index (χ0) is 16.5. The van der Waals surface area contributed by atoms with Gasteiger partial charge in [-0.2, -0.15) is 0 Å². The molecule has 0 aliphatic rings. The number of thiophene rings is 1. The van der Waals surface area contributed by atoms with Crippen molar-refractivity contribution in [2.45, 2.75) is 17.8 Å². The van der Waals surface area contributed by atoms with Gasteiger partial charge in [0.15, 0.2) is 5.82 Å². The predicted molar refractivity (Wildman–Crippen MR) is 96.4 cm³/mol. The van der Waals surface area contributed by atoms with Crippen molar-refractivity contribution in [3.8, 4) is 11.4 Å². The van der Waals surface area contributed by atoms with Crippen molar-refractivity contribution in [2.75, 3.05) is 0 Å². The van der Waals surface area contributed by atoms with Crippen LogP contribution in [0, 0.1) is 6.92 Å². The van der Waals surface area contributed by atoms with Crippen LogP contribution in [0.15, 0.2) is 45.7 Å². The van der Waals surface area contributed by atoms with Gasteiger partial charge in [0.25, 0.3) is 5.56 Å². The highest BCUT2D eigenvalue weighted by molar-refractivity contribution is 7.98. The van der Waals surface area contributed by atoms with E-state index in [1.54, 1.807) is 0 Å². The molecule has 0 fully saturated rings. The molecule has 6 nitrogen and oxygen atoms in total. The molecule has 0 aliphatic carbocycles. The molecule has 24 heavy (non-hydrogen) atoms. The van der Waals surface area contributed by atoms with Crippen molar-refractivity contribution in [1.29, 1.82) is 0 Å². The van der Waals surface area contributed by atoms with Crippen LogP contribution in [-0.4, -0.2) is 25.1 Å². The second-order valence-electron chi connectivity index (χ2n) is 5.27. The fourth-order valence-electron chi connectivity index (χ4n) is 2.27. The number of thioether (sulfide) groups is 1. The van der Waals surface area contributed by atoms with Crippen LogP contribution >= 0.6 is 23.1 Å². The molecule has 4 aromatic rings. The van der Waals surface area contributed by atoms with Gasteiger partial charge in [0.1, 0.15) is 10.5 Å². The van der Waals surface area contributed by atoms with E-state index in [0.717, 1.165) is 16.9 Å². The molecule has 8 heteroatoms. The van der Waals surface area contributed by atoms with Crippen LogP contribution in [0.5, 0.6) is 0 Å². The number of H-pyrrole nitrogens is 2. The average molecular weight is 355 g/mol. The number of aryl methyl sites for hydroxylation is 1. The fourth-order valence-corrected chi connectivity index (χ4v) is 3.67. The third-order valence-electron chi connectivity index (χ3n) is 3.49. The first kappa shape index (κ1) is 15.1. The molecule has 0 spiro atoms. The van der Waals surface area contributed by atoms with Crippen molar-refractivity contribution in [1.82, 2.24) is 25.1 Å². The van der Waals surface area contributed by atoms with Crippen LogP contribution in [0.1, 0.15) is 11.4 Å². The summed E-state index contributed by atoms with van der Waals surface area (Å²) in [5.74, 6) is 1.86. The van der Waals surface area contributed by atoms with Gasteiger partial charge in [-0.1, -0.05) is 41.6 Å². The molecule has 120 valence electrons. The Labute approximate surface area is 145 Å². The van der Waals surface area contributed by atoms with E-state index in [0.29, 0.717) is 21.4 Å². The second-order valence-corrected chi connectivity index (χ2v) is 7.13. The van der Waals surface area contributed by atoms with E-state index in [4.69, 9.17) is 0 Å². The van der Waals surface area contributed by atoms with E-state index in [1.165, 1.54) is 28.7 Å². The zero-order valence-electron chi connectivity index (χ0n) is 12.7. The molecule has 0 unspecified atom stereocenters.